The van der Waals surface area contributed by atoms with Crippen molar-refractivity contribution in [2.45, 2.75) is 38.4 Å². The van der Waals surface area contributed by atoms with E-state index in [0.717, 1.165) is 57.9 Å². The summed E-state index contributed by atoms with van der Waals surface area (Å²) >= 11 is 0. The number of anilines is 1. The van der Waals surface area contributed by atoms with E-state index in [1.807, 2.05) is 7.11 Å². The lowest BCUT2D eigenvalue weighted by Gasteiger charge is -2.39. The summed E-state index contributed by atoms with van der Waals surface area (Å²) in [7, 11) is 4.04. The fraction of sp³-hybridized carbons (Fsp3) is 0.400. The molecule has 3 aromatic carbocycles. The Kier molecular flexibility index (Phi) is 7.17. The molecule has 1 heterocycles. The van der Waals surface area contributed by atoms with E-state index in [4.69, 9.17) is 4.74 Å². The molecule has 0 saturated carbocycles. The van der Waals surface area contributed by atoms with Gasteiger partial charge in [-0.1, -0.05) is 60.7 Å². The Morgan fingerprint density at radius 2 is 1.41 bits per heavy atom. The molecule has 0 radical (unpaired) electrons. The van der Waals surface area contributed by atoms with Crippen LogP contribution in [0.4, 0.5) is 5.69 Å². The Labute approximate surface area is 204 Å². The monoisotopic (exact) mass is 455 g/mol. The average Bonchev–Trinajstić information content (AvgIpc) is 2.89. The quantitative estimate of drug-likeness (QED) is 0.499. The molecule has 0 bridgehead atoms. The van der Waals surface area contributed by atoms with Crippen LogP contribution in [0.25, 0.3) is 0 Å². The van der Waals surface area contributed by atoms with Crippen molar-refractivity contribution in [2.24, 2.45) is 0 Å². The first-order chi connectivity index (χ1) is 16.7. The molecule has 1 saturated heterocycles. The molecule has 34 heavy (non-hydrogen) atoms. The molecule has 5 rings (SSSR count). The number of ether oxygens (including phenoxy) is 1. The Hall–Kier alpha value is -2.82. The van der Waals surface area contributed by atoms with Gasteiger partial charge < -0.3 is 14.5 Å². The summed E-state index contributed by atoms with van der Waals surface area (Å²) in [4.78, 5) is 7.69. The Balaban J connectivity index is 1.42. The highest BCUT2D eigenvalue weighted by atomic mass is 16.5. The van der Waals surface area contributed by atoms with E-state index in [9.17, 15) is 0 Å². The third-order valence-electron chi connectivity index (χ3n) is 7.57. The number of rotatable bonds is 7. The zero-order chi connectivity index (χ0) is 23.3. The minimum Gasteiger partial charge on any atom is -0.496 e. The van der Waals surface area contributed by atoms with Gasteiger partial charge in [0, 0.05) is 56.6 Å². The summed E-state index contributed by atoms with van der Waals surface area (Å²) in [6.07, 6.45) is 3.33. The maximum Gasteiger partial charge on any atom is 0.122 e. The third kappa shape index (κ3) is 5.13. The van der Waals surface area contributed by atoms with E-state index in [2.05, 4.69) is 94.5 Å². The summed E-state index contributed by atoms with van der Waals surface area (Å²) < 4.78 is 5.89. The average molecular weight is 456 g/mol. The first-order valence-corrected chi connectivity index (χ1v) is 12.7. The fourth-order valence-electron chi connectivity index (χ4n) is 5.61. The molecule has 0 amide bonds. The second kappa shape index (κ2) is 10.6. The molecule has 3 aromatic rings. The van der Waals surface area contributed by atoms with Crippen molar-refractivity contribution in [3.05, 3.63) is 95.1 Å². The Bertz CT molecular complexity index is 1020. The van der Waals surface area contributed by atoms with E-state index in [0.29, 0.717) is 6.04 Å². The molecule has 1 aliphatic carbocycles. The third-order valence-corrected chi connectivity index (χ3v) is 7.57. The maximum absolute atomic E-state index is 5.89. The molecule has 4 nitrogen and oxygen atoms in total. The van der Waals surface area contributed by atoms with Gasteiger partial charge in [0.1, 0.15) is 5.75 Å². The molecule has 1 aliphatic heterocycles. The van der Waals surface area contributed by atoms with Crippen LogP contribution < -0.4 is 9.64 Å². The predicted molar refractivity (Wildman–Crippen MR) is 141 cm³/mol. The Morgan fingerprint density at radius 1 is 0.794 bits per heavy atom. The van der Waals surface area contributed by atoms with E-state index < -0.39 is 0 Å². The highest BCUT2D eigenvalue weighted by molar-refractivity contribution is 5.62. The zero-order valence-electron chi connectivity index (χ0n) is 20.6. The summed E-state index contributed by atoms with van der Waals surface area (Å²) in [6, 6.07) is 26.8. The molecule has 0 aromatic heterocycles. The van der Waals surface area contributed by atoms with Crippen molar-refractivity contribution in [1.82, 2.24) is 9.80 Å². The van der Waals surface area contributed by atoms with Crippen molar-refractivity contribution >= 4 is 5.69 Å². The van der Waals surface area contributed by atoms with Crippen LogP contribution in [0, 0.1) is 0 Å². The number of fused-ring (bicyclic) bond motifs is 1. The minimum absolute atomic E-state index is 0.490. The van der Waals surface area contributed by atoms with Crippen LogP contribution in [0.3, 0.4) is 0 Å². The topological polar surface area (TPSA) is 19.0 Å². The van der Waals surface area contributed by atoms with Gasteiger partial charge in [0.15, 0.2) is 0 Å². The Morgan fingerprint density at radius 3 is 2.00 bits per heavy atom. The molecule has 1 unspecified atom stereocenters. The maximum atomic E-state index is 5.89. The van der Waals surface area contributed by atoms with Gasteiger partial charge in [-0.15, -0.1) is 0 Å². The van der Waals surface area contributed by atoms with Crippen LogP contribution in [-0.4, -0.2) is 56.2 Å². The number of methoxy groups -OCH3 is 1. The van der Waals surface area contributed by atoms with Crippen molar-refractivity contribution in [3.63, 3.8) is 0 Å². The van der Waals surface area contributed by atoms with E-state index in [-0.39, 0.29) is 0 Å². The molecule has 0 N–H and O–H groups in total. The van der Waals surface area contributed by atoms with E-state index >= 15 is 0 Å². The lowest BCUT2D eigenvalue weighted by Crippen LogP contribution is -2.45. The van der Waals surface area contributed by atoms with Crippen LogP contribution >= 0.6 is 0 Å². The standard InChI is InChI=1S/C30H37N3O/c1-31-17-19-32(20-18-31)29-15-16-30(34-2)28-21-26(13-14-27(28)29)33(22-24-9-5-3-6-10-24)23-25-11-7-4-8-12-25/h3-12,15-16,26H,13-14,17-23H2,1-2H3. The van der Waals surface area contributed by atoms with Gasteiger partial charge >= 0.3 is 0 Å². The largest absolute Gasteiger partial charge is 0.496 e. The molecular formula is C30H37N3O. The van der Waals surface area contributed by atoms with Crippen molar-refractivity contribution in [3.8, 4) is 5.75 Å². The van der Waals surface area contributed by atoms with Gasteiger partial charge in [-0.3, -0.25) is 4.90 Å². The number of hydrogen-bond acceptors (Lipinski definition) is 4. The number of hydrogen-bond donors (Lipinski definition) is 0. The van der Waals surface area contributed by atoms with Gasteiger partial charge in [-0.2, -0.15) is 0 Å². The summed E-state index contributed by atoms with van der Waals surface area (Å²) in [5.41, 5.74) is 7.12. The molecule has 1 fully saturated rings. The van der Waals surface area contributed by atoms with Crippen LogP contribution in [0.2, 0.25) is 0 Å². The number of likely N-dealkylation sites (N-methyl/N-ethyl adjacent to an activating group) is 1. The van der Waals surface area contributed by atoms with Gasteiger partial charge in [0.2, 0.25) is 0 Å². The number of piperazine rings is 1. The van der Waals surface area contributed by atoms with Gasteiger partial charge in [-0.25, -0.2) is 0 Å². The highest BCUT2D eigenvalue weighted by Gasteiger charge is 2.30. The second-order valence-electron chi connectivity index (χ2n) is 9.81. The molecule has 2 aliphatic rings. The smallest absolute Gasteiger partial charge is 0.122 e. The van der Waals surface area contributed by atoms with Crippen molar-refractivity contribution in [2.75, 3.05) is 45.2 Å². The van der Waals surface area contributed by atoms with Crippen LogP contribution in [0.5, 0.6) is 5.75 Å². The fourth-order valence-corrected chi connectivity index (χ4v) is 5.61. The van der Waals surface area contributed by atoms with Crippen molar-refractivity contribution in [1.29, 1.82) is 0 Å². The normalized spacial score (nSPS) is 18.7. The molecule has 0 spiro atoms. The summed E-state index contributed by atoms with van der Waals surface area (Å²) in [6.45, 7) is 6.41. The molecule has 178 valence electrons. The van der Waals surface area contributed by atoms with Gasteiger partial charge in [-0.05, 0) is 55.1 Å². The van der Waals surface area contributed by atoms with Crippen LogP contribution in [-0.2, 0) is 25.9 Å². The lowest BCUT2D eigenvalue weighted by atomic mass is 9.85. The van der Waals surface area contributed by atoms with Gasteiger partial charge in [0.05, 0.1) is 7.11 Å². The predicted octanol–water partition coefficient (Wildman–Crippen LogP) is 5.01. The minimum atomic E-state index is 0.490. The zero-order valence-corrected chi connectivity index (χ0v) is 20.6. The van der Waals surface area contributed by atoms with Crippen LogP contribution in [0.1, 0.15) is 28.7 Å². The first kappa shape index (κ1) is 22.9. The molecule has 1 atom stereocenters. The highest BCUT2D eigenvalue weighted by Crippen LogP contribution is 2.38. The summed E-state index contributed by atoms with van der Waals surface area (Å²) in [5, 5.41) is 0. The van der Waals surface area contributed by atoms with E-state index in [1.54, 1.807) is 0 Å². The molecular weight excluding hydrogens is 418 g/mol. The molecule has 4 heteroatoms. The van der Waals surface area contributed by atoms with E-state index in [1.165, 1.54) is 34.4 Å². The van der Waals surface area contributed by atoms with Crippen LogP contribution in [0.15, 0.2) is 72.8 Å². The SMILES string of the molecule is COc1ccc(N2CCN(C)CC2)c2c1CC(N(Cc1ccccc1)Cc1ccccc1)CC2. The van der Waals surface area contributed by atoms with Gasteiger partial charge in [0.25, 0.3) is 0 Å². The number of benzene rings is 3. The number of nitrogens with zero attached hydrogens (tertiary/aromatic N) is 3. The first-order valence-electron chi connectivity index (χ1n) is 12.7. The van der Waals surface area contributed by atoms with Crippen molar-refractivity contribution < 1.29 is 4.74 Å². The summed E-state index contributed by atoms with van der Waals surface area (Å²) in [5.74, 6) is 1.05. The lowest BCUT2D eigenvalue weighted by molar-refractivity contribution is 0.161. The second-order valence-corrected chi connectivity index (χ2v) is 9.81.